The third-order valence-electron chi connectivity index (χ3n) is 2.96. The second-order valence-corrected chi connectivity index (χ2v) is 7.68. The van der Waals surface area contributed by atoms with Crippen LogP contribution >= 0.6 is 11.6 Å². The summed E-state index contributed by atoms with van der Waals surface area (Å²) in [6.07, 6.45) is 0.718. The largest absolute Gasteiger partial charge is 0.482 e. The molecule has 0 heterocycles. The molecule has 0 atom stereocenters. The number of sulfonamides is 1. The minimum Gasteiger partial charge on any atom is -0.482 e. The molecular formula is C16H25ClN2O5S. The van der Waals surface area contributed by atoms with Crippen LogP contribution in [-0.4, -0.2) is 46.7 Å². The van der Waals surface area contributed by atoms with Crippen LogP contribution in [-0.2, 0) is 19.6 Å². The van der Waals surface area contributed by atoms with E-state index < -0.39 is 10.0 Å². The van der Waals surface area contributed by atoms with Crippen molar-refractivity contribution >= 4 is 27.5 Å². The first-order chi connectivity index (χ1) is 11.8. The summed E-state index contributed by atoms with van der Waals surface area (Å²) in [5, 5.41) is 2.82. The van der Waals surface area contributed by atoms with Crippen molar-refractivity contribution in [2.24, 2.45) is 0 Å². The average molecular weight is 393 g/mol. The smallest absolute Gasteiger partial charge is 0.257 e. The first-order valence-electron chi connectivity index (χ1n) is 8.05. The number of hydrogen-bond donors (Lipinski definition) is 2. The van der Waals surface area contributed by atoms with E-state index in [9.17, 15) is 13.2 Å². The van der Waals surface area contributed by atoms with Crippen LogP contribution in [0.5, 0.6) is 5.75 Å². The molecule has 9 heteroatoms. The van der Waals surface area contributed by atoms with E-state index in [0.717, 1.165) is 6.42 Å². The van der Waals surface area contributed by atoms with E-state index in [1.54, 1.807) is 13.8 Å². The summed E-state index contributed by atoms with van der Waals surface area (Å²) >= 11 is 6.05. The quantitative estimate of drug-likeness (QED) is 0.561. The third-order valence-corrected chi connectivity index (χ3v) is 4.91. The van der Waals surface area contributed by atoms with Crippen molar-refractivity contribution < 1.29 is 22.7 Å². The Morgan fingerprint density at radius 3 is 2.64 bits per heavy atom. The lowest BCUT2D eigenvalue weighted by Crippen LogP contribution is -2.30. The summed E-state index contributed by atoms with van der Waals surface area (Å²) in [6, 6.07) is 3.87. The van der Waals surface area contributed by atoms with Gasteiger partial charge >= 0.3 is 0 Å². The highest BCUT2D eigenvalue weighted by atomic mass is 35.5. The van der Waals surface area contributed by atoms with E-state index in [2.05, 4.69) is 10.0 Å². The molecule has 142 valence electrons. The van der Waals surface area contributed by atoms with Gasteiger partial charge in [0.05, 0.1) is 9.92 Å². The van der Waals surface area contributed by atoms with Crippen LogP contribution in [0.15, 0.2) is 23.1 Å². The highest BCUT2D eigenvalue weighted by Crippen LogP contribution is 2.27. The molecule has 0 aliphatic heterocycles. The monoisotopic (exact) mass is 392 g/mol. The zero-order valence-electron chi connectivity index (χ0n) is 14.7. The van der Waals surface area contributed by atoms with Crippen LogP contribution in [0, 0.1) is 0 Å². The van der Waals surface area contributed by atoms with Crippen molar-refractivity contribution in [3.8, 4) is 5.75 Å². The highest BCUT2D eigenvalue weighted by molar-refractivity contribution is 7.89. The van der Waals surface area contributed by atoms with Gasteiger partial charge in [0.1, 0.15) is 5.75 Å². The number of amides is 1. The lowest BCUT2D eigenvalue weighted by atomic mass is 10.3. The number of halogens is 1. The second-order valence-electron chi connectivity index (χ2n) is 5.56. The summed E-state index contributed by atoms with van der Waals surface area (Å²) in [4.78, 5) is 11.7. The van der Waals surface area contributed by atoms with Crippen molar-refractivity contribution in [3.63, 3.8) is 0 Å². The number of carbonyl (C=O) groups is 1. The molecule has 0 spiro atoms. The molecule has 25 heavy (non-hydrogen) atoms. The Hall–Kier alpha value is -1.35. The van der Waals surface area contributed by atoms with Crippen LogP contribution in [0.4, 0.5) is 0 Å². The Balaban J connectivity index is 2.54. The van der Waals surface area contributed by atoms with Crippen molar-refractivity contribution in [2.75, 3.05) is 26.4 Å². The number of benzene rings is 1. The van der Waals surface area contributed by atoms with Gasteiger partial charge in [0.15, 0.2) is 6.61 Å². The summed E-state index contributed by atoms with van der Waals surface area (Å²) < 4.78 is 37.1. The fraction of sp³-hybridized carbons (Fsp3) is 0.562. The van der Waals surface area contributed by atoms with E-state index in [0.29, 0.717) is 19.8 Å². The zero-order valence-corrected chi connectivity index (χ0v) is 16.2. The maximum atomic E-state index is 12.1. The molecule has 0 saturated heterocycles. The molecule has 0 unspecified atom stereocenters. The molecule has 0 aromatic heterocycles. The van der Waals surface area contributed by atoms with Gasteiger partial charge in [0.2, 0.25) is 10.0 Å². The van der Waals surface area contributed by atoms with Gasteiger partial charge in [-0.1, -0.05) is 11.6 Å². The van der Waals surface area contributed by atoms with Crippen LogP contribution in [0.25, 0.3) is 0 Å². The predicted octanol–water partition coefficient (Wildman–Crippen LogP) is 1.95. The van der Waals surface area contributed by atoms with Gasteiger partial charge in [-0.15, -0.1) is 0 Å². The second kappa shape index (κ2) is 10.6. The van der Waals surface area contributed by atoms with Crippen molar-refractivity contribution in [1.82, 2.24) is 10.0 Å². The van der Waals surface area contributed by atoms with Crippen LogP contribution in [0.2, 0.25) is 5.02 Å². The third kappa shape index (κ3) is 8.04. The Bertz CT molecular complexity index is 664. The molecule has 0 aliphatic rings. The zero-order chi connectivity index (χ0) is 18.9. The first-order valence-corrected chi connectivity index (χ1v) is 9.91. The number of nitrogens with one attached hydrogen (secondary N) is 2. The van der Waals surface area contributed by atoms with E-state index >= 15 is 0 Å². The number of rotatable bonds is 11. The van der Waals surface area contributed by atoms with Gasteiger partial charge in [-0.2, -0.15) is 0 Å². The first kappa shape index (κ1) is 21.7. The van der Waals surface area contributed by atoms with E-state index in [1.165, 1.54) is 18.2 Å². The molecule has 0 aliphatic carbocycles. The Labute approximate surface area is 154 Å². The lowest BCUT2D eigenvalue weighted by molar-refractivity contribution is -0.123. The Morgan fingerprint density at radius 1 is 1.32 bits per heavy atom. The number of carbonyl (C=O) groups excluding carboxylic acids is 1. The van der Waals surface area contributed by atoms with Gasteiger partial charge < -0.3 is 14.8 Å². The number of hydrogen-bond acceptors (Lipinski definition) is 5. The SMILES string of the molecule is CCOCCCNC(=O)COc1ccc(S(=O)(=O)NC(C)C)cc1Cl. The fourth-order valence-corrected chi connectivity index (χ4v) is 3.46. The molecule has 0 saturated carbocycles. The summed E-state index contributed by atoms with van der Waals surface area (Å²) in [7, 11) is -3.63. The molecule has 1 rings (SSSR count). The molecule has 1 amide bonds. The standard InChI is InChI=1S/C16H25ClN2O5S/c1-4-23-9-5-8-18-16(20)11-24-15-7-6-13(10-14(15)17)25(21,22)19-12(2)3/h6-7,10,12,19H,4-5,8-9,11H2,1-3H3,(H,18,20). The Morgan fingerprint density at radius 2 is 2.04 bits per heavy atom. The van der Waals surface area contributed by atoms with Crippen molar-refractivity contribution in [3.05, 3.63) is 23.2 Å². The Kier molecular flexibility index (Phi) is 9.20. The summed E-state index contributed by atoms with van der Waals surface area (Å²) in [6.45, 7) is 6.88. The lowest BCUT2D eigenvalue weighted by Gasteiger charge is -2.12. The number of ether oxygens (including phenoxy) is 2. The highest BCUT2D eigenvalue weighted by Gasteiger charge is 2.17. The van der Waals surface area contributed by atoms with Gasteiger partial charge in [-0.25, -0.2) is 13.1 Å². The van der Waals surface area contributed by atoms with Crippen molar-refractivity contribution in [2.45, 2.75) is 38.1 Å². The minimum absolute atomic E-state index is 0.0407. The maximum Gasteiger partial charge on any atom is 0.257 e. The topological polar surface area (TPSA) is 93.7 Å². The fourth-order valence-electron chi connectivity index (χ4n) is 1.88. The van der Waals surface area contributed by atoms with Crippen LogP contribution in [0.3, 0.4) is 0 Å². The van der Waals surface area contributed by atoms with E-state index in [-0.39, 0.29) is 34.2 Å². The predicted molar refractivity (Wildman–Crippen MR) is 96.5 cm³/mol. The maximum absolute atomic E-state index is 12.1. The van der Waals surface area contributed by atoms with Gasteiger partial charge in [0.25, 0.3) is 5.91 Å². The molecule has 1 aromatic rings. The average Bonchev–Trinajstić information content (AvgIpc) is 2.52. The normalized spacial score (nSPS) is 11.6. The molecule has 1 aromatic carbocycles. The van der Waals surface area contributed by atoms with Gasteiger partial charge in [-0.05, 0) is 45.4 Å². The molecule has 0 radical (unpaired) electrons. The summed E-state index contributed by atoms with van der Waals surface area (Å²) in [5.41, 5.74) is 0. The molecular weight excluding hydrogens is 368 g/mol. The summed E-state index contributed by atoms with van der Waals surface area (Å²) in [5.74, 6) is -0.0413. The van der Waals surface area contributed by atoms with Crippen molar-refractivity contribution in [1.29, 1.82) is 0 Å². The van der Waals surface area contributed by atoms with E-state index in [4.69, 9.17) is 21.1 Å². The minimum atomic E-state index is -3.63. The molecule has 2 N–H and O–H groups in total. The van der Waals surface area contributed by atoms with Gasteiger partial charge in [-0.3, -0.25) is 4.79 Å². The molecule has 7 nitrogen and oxygen atoms in total. The van der Waals surface area contributed by atoms with Crippen LogP contribution in [0.1, 0.15) is 27.2 Å². The molecule has 0 fully saturated rings. The van der Waals surface area contributed by atoms with E-state index in [1.807, 2.05) is 6.92 Å². The van der Waals surface area contributed by atoms with Gasteiger partial charge in [0, 0.05) is 25.8 Å². The van der Waals surface area contributed by atoms with Crippen LogP contribution < -0.4 is 14.8 Å². The molecule has 0 bridgehead atoms.